The molecule has 2 aromatic carbocycles. The number of rotatable bonds is 4. The molecule has 0 saturated carbocycles. The molecule has 1 atom stereocenters. The van der Waals surface area contributed by atoms with Crippen LogP contribution in [0.5, 0.6) is 5.75 Å². The van der Waals surface area contributed by atoms with E-state index < -0.39 is 0 Å². The summed E-state index contributed by atoms with van der Waals surface area (Å²) in [4.78, 5) is 1.30. The maximum atomic E-state index is 5.49. The lowest BCUT2D eigenvalue weighted by Gasteiger charge is -2.17. The number of thiophene rings is 1. The van der Waals surface area contributed by atoms with Crippen LogP contribution in [0, 0.1) is 0 Å². The Hall–Kier alpha value is -1.84. The first-order valence-electron chi connectivity index (χ1n) is 6.62. The van der Waals surface area contributed by atoms with Gasteiger partial charge in [0.2, 0.25) is 0 Å². The van der Waals surface area contributed by atoms with Crippen LogP contribution < -0.4 is 10.1 Å². The summed E-state index contributed by atoms with van der Waals surface area (Å²) in [5.74, 6) is 0.921. The number of ether oxygens (including phenoxy) is 1. The Bertz CT molecular complexity index is 687. The van der Waals surface area contributed by atoms with Crippen molar-refractivity contribution >= 4 is 21.4 Å². The van der Waals surface area contributed by atoms with Crippen molar-refractivity contribution in [3.8, 4) is 5.75 Å². The van der Waals surface area contributed by atoms with Gasteiger partial charge in [-0.05, 0) is 30.6 Å². The van der Waals surface area contributed by atoms with Gasteiger partial charge in [0.25, 0.3) is 0 Å². The summed E-state index contributed by atoms with van der Waals surface area (Å²) in [6, 6.07) is 19.1. The fourth-order valence-electron chi connectivity index (χ4n) is 2.50. The summed E-state index contributed by atoms with van der Waals surface area (Å²) in [5, 5.41) is 4.69. The number of nitrogens with one attached hydrogen (secondary N) is 1. The van der Waals surface area contributed by atoms with Gasteiger partial charge in [0.05, 0.1) is 13.2 Å². The highest BCUT2D eigenvalue weighted by Crippen LogP contribution is 2.36. The standard InChI is InChI=1S/C17H17NOS/c1-18-17(13-8-4-5-9-14(13)19-2)16-11-12-7-3-6-10-15(12)20-16/h3-11,17-18H,1-2H3. The normalized spacial score (nSPS) is 12.5. The molecule has 1 unspecified atom stereocenters. The van der Waals surface area contributed by atoms with Crippen LogP contribution in [0.2, 0.25) is 0 Å². The lowest BCUT2D eigenvalue weighted by atomic mass is 10.0. The summed E-state index contributed by atoms with van der Waals surface area (Å²) in [6.45, 7) is 0. The molecule has 2 nitrogen and oxygen atoms in total. The van der Waals surface area contributed by atoms with Crippen molar-refractivity contribution in [2.75, 3.05) is 14.2 Å². The highest BCUT2D eigenvalue weighted by molar-refractivity contribution is 7.19. The average molecular weight is 283 g/mol. The number of hydrogen-bond acceptors (Lipinski definition) is 3. The minimum Gasteiger partial charge on any atom is -0.496 e. The van der Waals surface area contributed by atoms with Crippen LogP contribution in [-0.2, 0) is 0 Å². The molecular weight excluding hydrogens is 266 g/mol. The second kappa shape index (κ2) is 5.65. The van der Waals surface area contributed by atoms with E-state index in [1.165, 1.54) is 20.5 Å². The first-order chi connectivity index (χ1) is 9.83. The van der Waals surface area contributed by atoms with E-state index in [0.717, 1.165) is 5.75 Å². The van der Waals surface area contributed by atoms with Gasteiger partial charge in [0, 0.05) is 15.1 Å². The molecule has 102 valence electrons. The van der Waals surface area contributed by atoms with Crippen molar-refractivity contribution in [3.63, 3.8) is 0 Å². The first kappa shape index (κ1) is 13.2. The summed E-state index contributed by atoms with van der Waals surface area (Å²) in [7, 11) is 3.71. The van der Waals surface area contributed by atoms with Gasteiger partial charge in [-0.25, -0.2) is 0 Å². The summed E-state index contributed by atoms with van der Waals surface area (Å²) < 4.78 is 6.81. The Morgan fingerprint density at radius 1 is 1.05 bits per heavy atom. The number of methoxy groups -OCH3 is 1. The Kier molecular flexibility index (Phi) is 3.72. The fraction of sp³-hybridized carbons (Fsp3) is 0.176. The van der Waals surface area contributed by atoms with Crippen LogP contribution in [0.15, 0.2) is 54.6 Å². The van der Waals surface area contributed by atoms with E-state index in [1.54, 1.807) is 7.11 Å². The molecule has 0 spiro atoms. The van der Waals surface area contributed by atoms with Crippen LogP contribution in [0.3, 0.4) is 0 Å². The Balaban J connectivity index is 2.09. The largest absolute Gasteiger partial charge is 0.496 e. The molecule has 0 amide bonds. The minimum atomic E-state index is 0.156. The van der Waals surface area contributed by atoms with Crippen molar-refractivity contribution in [3.05, 3.63) is 65.0 Å². The maximum Gasteiger partial charge on any atom is 0.124 e. The van der Waals surface area contributed by atoms with Crippen LogP contribution in [0.25, 0.3) is 10.1 Å². The van der Waals surface area contributed by atoms with E-state index in [-0.39, 0.29) is 6.04 Å². The van der Waals surface area contributed by atoms with E-state index in [9.17, 15) is 0 Å². The Morgan fingerprint density at radius 2 is 1.80 bits per heavy atom. The first-order valence-corrected chi connectivity index (χ1v) is 7.44. The topological polar surface area (TPSA) is 21.3 Å². The molecule has 0 aliphatic rings. The van der Waals surface area contributed by atoms with Crippen LogP contribution in [0.1, 0.15) is 16.5 Å². The Morgan fingerprint density at radius 3 is 2.55 bits per heavy atom. The fourth-order valence-corrected chi connectivity index (χ4v) is 3.69. The summed E-state index contributed by atoms with van der Waals surface area (Å²) >= 11 is 1.83. The van der Waals surface area contributed by atoms with Crippen LogP contribution in [0.4, 0.5) is 0 Å². The third-order valence-electron chi connectivity index (χ3n) is 3.47. The zero-order valence-corrected chi connectivity index (χ0v) is 12.4. The van der Waals surface area contributed by atoms with Gasteiger partial charge < -0.3 is 10.1 Å². The zero-order chi connectivity index (χ0) is 13.9. The second-order valence-corrected chi connectivity index (χ2v) is 5.77. The number of hydrogen-bond donors (Lipinski definition) is 1. The highest BCUT2D eigenvalue weighted by atomic mass is 32.1. The molecule has 0 bridgehead atoms. The molecule has 0 aliphatic carbocycles. The molecule has 0 saturated heterocycles. The van der Waals surface area contributed by atoms with Crippen molar-refractivity contribution in [1.82, 2.24) is 5.32 Å². The predicted octanol–water partition coefficient (Wildman–Crippen LogP) is 4.22. The van der Waals surface area contributed by atoms with Crippen LogP contribution in [-0.4, -0.2) is 14.2 Å². The summed E-state index contributed by atoms with van der Waals surface area (Å²) in [5.41, 5.74) is 1.17. The van der Waals surface area contributed by atoms with Crippen molar-refractivity contribution in [1.29, 1.82) is 0 Å². The molecule has 20 heavy (non-hydrogen) atoms. The maximum absolute atomic E-state index is 5.49. The number of fused-ring (bicyclic) bond motifs is 1. The van der Waals surface area contributed by atoms with Gasteiger partial charge in [-0.1, -0.05) is 36.4 Å². The molecule has 1 aromatic heterocycles. The molecule has 0 aliphatic heterocycles. The summed E-state index contributed by atoms with van der Waals surface area (Å²) in [6.07, 6.45) is 0. The highest BCUT2D eigenvalue weighted by Gasteiger charge is 2.18. The van der Waals surface area contributed by atoms with Gasteiger partial charge in [-0.2, -0.15) is 0 Å². The second-order valence-electron chi connectivity index (χ2n) is 4.65. The van der Waals surface area contributed by atoms with E-state index >= 15 is 0 Å². The Labute approximate surface area is 123 Å². The quantitative estimate of drug-likeness (QED) is 0.774. The third kappa shape index (κ3) is 2.30. The lowest BCUT2D eigenvalue weighted by Crippen LogP contribution is -2.17. The van der Waals surface area contributed by atoms with Gasteiger partial charge in [0.1, 0.15) is 5.75 Å². The van der Waals surface area contributed by atoms with Crippen LogP contribution >= 0.6 is 11.3 Å². The van der Waals surface area contributed by atoms with E-state index in [4.69, 9.17) is 4.74 Å². The smallest absolute Gasteiger partial charge is 0.124 e. The minimum absolute atomic E-state index is 0.156. The molecule has 0 fully saturated rings. The molecule has 3 heteroatoms. The average Bonchev–Trinajstić information content (AvgIpc) is 2.92. The SMILES string of the molecule is CNC(c1cc2ccccc2s1)c1ccccc1OC. The number of benzene rings is 2. The molecular formula is C17H17NOS. The molecule has 0 radical (unpaired) electrons. The predicted molar refractivity (Wildman–Crippen MR) is 85.7 cm³/mol. The van der Waals surface area contributed by atoms with Crippen molar-refractivity contribution in [2.45, 2.75) is 6.04 Å². The van der Waals surface area contributed by atoms with Crippen molar-refractivity contribution < 1.29 is 4.74 Å². The monoisotopic (exact) mass is 283 g/mol. The van der Waals surface area contributed by atoms with Gasteiger partial charge >= 0.3 is 0 Å². The van der Waals surface area contributed by atoms with Gasteiger partial charge in [-0.15, -0.1) is 11.3 Å². The van der Waals surface area contributed by atoms with Crippen molar-refractivity contribution in [2.24, 2.45) is 0 Å². The third-order valence-corrected chi connectivity index (χ3v) is 4.65. The van der Waals surface area contributed by atoms with E-state index in [0.29, 0.717) is 0 Å². The lowest BCUT2D eigenvalue weighted by molar-refractivity contribution is 0.405. The van der Waals surface area contributed by atoms with E-state index in [1.807, 2.05) is 30.5 Å². The van der Waals surface area contributed by atoms with Gasteiger partial charge in [0.15, 0.2) is 0 Å². The number of para-hydroxylation sites is 1. The molecule has 1 N–H and O–H groups in total. The molecule has 1 heterocycles. The van der Waals surface area contributed by atoms with Gasteiger partial charge in [-0.3, -0.25) is 0 Å². The van der Waals surface area contributed by atoms with E-state index in [2.05, 4.69) is 47.8 Å². The molecule has 3 rings (SSSR count). The zero-order valence-electron chi connectivity index (χ0n) is 11.6. The molecule has 3 aromatic rings.